The third-order valence-corrected chi connectivity index (χ3v) is 4.20. The quantitative estimate of drug-likeness (QED) is 0.583. The number of carbonyl (C=O) groups is 3. The molecule has 0 fully saturated rings. The van der Waals surface area contributed by atoms with Gasteiger partial charge in [-0.3, -0.25) is 4.79 Å². The number of esters is 2. The van der Waals surface area contributed by atoms with Gasteiger partial charge in [0.15, 0.2) is 0 Å². The summed E-state index contributed by atoms with van der Waals surface area (Å²) in [5.41, 5.74) is 1.46. The van der Waals surface area contributed by atoms with E-state index in [1.54, 1.807) is 27.7 Å². The van der Waals surface area contributed by atoms with Crippen molar-refractivity contribution in [3.05, 3.63) is 27.7 Å². The van der Waals surface area contributed by atoms with E-state index in [9.17, 15) is 14.4 Å². The lowest BCUT2D eigenvalue weighted by Crippen LogP contribution is -2.13. The molecule has 1 heterocycles. The second kappa shape index (κ2) is 9.36. The number of ether oxygens (including phenoxy) is 2. The second-order valence-corrected chi connectivity index (χ2v) is 7.20. The Hall–Kier alpha value is -2.15. The molecule has 25 heavy (non-hydrogen) atoms. The minimum absolute atomic E-state index is 0.193. The van der Waals surface area contributed by atoms with Gasteiger partial charge in [0.1, 0.15) is 9.88 Å². The first-order valence-electron chi connectivity index (χ1n) is 8.10. The highest BCUT2D eigenvalue weighted by molar-refractivity contribution is 7.18. The van der Waals surface area contributed by atoms with Crippen molar-refractivity contribution in [1.29, 1.82) is 0 Å². The fourth-order valence-corrected chi connectivity index (χ4v) is 3.06. The summed E-state index contributed by atoms with van der Waals surface area (Å²) in [4.78, 5) is 36.8. The fourth-order valence-electron chi connectivity index (χ4n) is 1.96. The first kappa shape index (κ1) is 20.9. The van der Waals surface area contributed by atoms with Gasteiger partial charge in [-0.05, 0) is 39.2 Å². The lowest BCUT2D eigenvalue weighted by molar-refractivity contribution is -0.111. The molecular formula is C18H25NO5S. The summed E-state index contributed by atoms with van der Waals surface area (Å²) in [6.07, 6.45) is 1.42. The van der Waals surface area contributed by atoms with Gasteiger partial charge in [-0.25, -0.2) is 9.59 Å². The summed E-state index contributed by atoms with van der Waals surface area (Å²) >= 11 is 1.02. The molecule has 0 radical (unpaired) electrons. The van der Waals surface area contributed by atoms with Gasteiger partial charge in [0, 0.05) is 6.08 Å². The van der Waals surface area contributed by atoms with Crippen LogP contribution in [-0.4, -0.2) is 31.1 Å². The predicted octanol–water partition coefficient (Wildman–Crippen LogP) is 3.95. The van der Waals surface area contributed by atoms with Crippen LogP contribution < -0.4 is 5.32 Å². The van der Waals surface area contributed by atoms with Gasteiger partial charge in [0.2, 0.25) is 5.91 Å². The third-order valence-electron chi connectivity index (χ3n) is 3.02. The molecule has 1 rings (SSSR count). The molecule has 0 aliphatic heterocycles. The number of carbonyl (C=O) groups excluding carboxylic acids is 3. The number of hydrogen-bond acceptors (Lipinski definition) is 6. The summed E-state index contributed by atoms with van der Waals surface area (Å²) in [5.74, 6) is -1.25. The molecule has 0 aromatic carbocycles. The molecule has 1 amide bonds. The van der Waals surface area contributed by atoms with E-state index < -0.39 is 11.9 Å². The van der Waals surface area contributed by atoms with Crippen LogP contribution in [0.4, 0.5) is 5.00 Å². The highest BCUT2D eigenvalue weighted by Gasteiger charge is 2.27. The van der Waals surface area contributed by atoms with Crippen molar-refractivity contribution in [3.63, 3.8) is 0 Å². The van der Waals surface area contributed by atoms with Crippen molar-refractivity contribution in [1.82, 2.24) is 0 Å². The van der Waals surface area contributed by atoms with Crippen LogP contribution in [0.2, 0.25) is 0 Å². The molecule has 0 atom stereocenters. The molecule has 0 saturated heterocycles. The number of anilines is 1. The van der Waals surface area contributed by atoms with Crippen LogP contribution in [0.25, 0.3) is 0 Å². The van der Waals surface area contributed by atoms with Crippen molar-refractivity contribution in [2.24, 2.45) is 5.92 Å². The van der Waals surface area contributed by atoms with Crippen LogP contribution in [0.1, 0.15) is 60.2 Å². The SMILES string of the molecule is CCOC(=O)c1c(NC(=O)C=C(C)C)sc(C(=O)OCC(C)C)c1C. The van der Waals surface area contributed by atoms with Gasteiger partial charge in [0.05, 0.1) is 18.8 Å². The topological polar surface area (TPSA) is 81.7 Å². The highest BCUT2D eigenvalue weighted by Crippen LogP contribution is 2.34. The van der Waals surface area contributed by atoms with E-state index in [2.05, 4.69) is 5.32 Å². The van der Waals surface area contributed by atoms with E-state index in [4.69, 9.17) is 9.47 Å². The van der Waals surface area contributed by atoms with Gasteiger partial charge in [0.25, 0.3) is 0 Å². The molecule has 0 spiro atoms. The minimum atomic E-state index is -0.577. The Morgan fingerprint density at radius 1 is 1.16 bits per heavy atom. The van der Waals surface area contributed by atoms with Gasteiger partial charge < -0.3 is 14.8 Å². The van der Waals surface area contributed by atoms with Crippen molar-refractivity contribution in [2.45, 2.75) is 41.5 Å². The first-order chi connectivity index (χ1) is 11.7. The molecule has 138 valence electrons. The number of allylic oxidation sites excluding steroid dienone is 1. The smallest absolute Gasteiger partial charge is 0.348 e. The van der Waals surface area contributed by atoms with Gasteiger partial charge in [-0.15, -0.1) is 11.3 Å². The van der Waals surface area contributed by atoms with E-state index in [1.807, 2.05) is 13.8 Å². The normalized spacial score (nSPS) is 10.4. The minimum Gasteiger partial charge on any atom is -0.462 e. The number of nitrogens with one attached hydrogen (secondary N) is 1. The molecule has 1 N–H and O–H groups in total. The van der Waals surface area contributed by atoms with Crippen LogP contribution in [0.5, 0.6) is 0 Å². The monoisotopic (exact) mass is 367 g/mol. The summed E-state index contributed by atoms with van der Waals surface area (Å²) in [7, 11) is 0. The van der Waals surface area contributed by atoms with Crippen LogP contribution in [0, 0.1) is 12.8 Å². The fraction of sp³-hybridized carbons (Fsp3) is 0.500. The maximum Gasteiger partial charge on any atom is 0.348 e. The molecule has 6 nitrogen and oxygen atoms in total. The van der Waals surface area contributed by atoms with E-state index in [-0.39, 0.29) is 40.5 Å². The maximum absolute atomic E-state index is 12.3. The second-order valence-electron chi connectivity index (χ2n) is 6.18. The Labute approximate surface area is 152 Å². The molecule has 0 unspecified atom stereocenters. The number of amides is 1. The number of rotatable bonds is 7. The summed E-state index contributed by atoms with van der Waals surface area (Å²) in [5, 5.41) is 2.94. The van der Waals surface area contributed by atoms with Crippen molar-refractivity contribution in [3.8, 4) is 0 Å². The first-order valence-corrected chi connectivity index (χ1v) is 8.92. The van der Waals surface area contributed by atoms with Crippen LogP contribution >= 0.6 is 11.3 Å². The standard InChI is InChI=1S/C18H25NO5S/c1-7-23-17(21)14-12(6)15(18(22)24-9-11(4)5)25-16(14)19-13(20)8-10(2)3/h8,11H,7,9H2,1-6H3,(H,19,20). The largest absolute Gasteiger partial charge is 0.462 e. The zero-order valence-corrected chi connectivity index (χ0v) is 16.3. The van der Waals surface area contributed by atoms with Gasteiger partial charge >= 0.3 is 11.9 Å². The van der Waals surface area contributed by atoms with E-state index in [0.717, 1.165) is 16.9 Å². The Kier molecular flexibility index (Phi) is 7.83. The Morgan fingerprint density at radius 2 is 1.80 bits per heavy atom. The number of thiophene rings is 1. The zero-order valence-electron chi connectivity index (χ0n) is 15.5. The van der Waals surface area contributed by atoms with E-state index in [1.165, 1.54) is 6.08 Å². The Balaban J connectivity index is 3.22. The number of hydrogen-bond donors (Lipinski definition) is 1. The summed E-state index contributed by atoms with van der Waals surface area (Å²) in [6, 6.07) is 0. The molecular weight excluding hydrogens is 342 g/mol. The Morgan fingerprint density at radius 3 is 2.32 bits per heavy atom. The molecule has 0 aliphatic rings. The molecule has 1 aromatic rings. The van der Waals surface area contributed by atoms with Crippen LogP contribution in [-0.2, 0) is 14.3 Å². The third kappa shape index (κ3) is 6.01. The van der Waals surface area contributed by atoms with E-state index in [0.29, 0.717) is 5.56 Å². The average molecular weight is 367 g/mol. The van der Waals surface area contributed by atoms with Crippen LogP contribution in [0.15, 0.2) is 11.6 Å². The van der Waals surface area contributed by atoms with Crippen LogP contribution in [0.3, 0.4) is 0 Å². The Bertz CT molecular complexity index is 684. The summed E-state index contributed by atoms with van der Waals surface area (Å²) < 4.78 is 10.3. The molecule has 0 saturated carbocycles. The molecule has 0 aliphatic carbocycles. The van der Waals surface area contributed by atoms with Crippen molar-refractivity contribution >= 4 is 34.2 Å². The average Bonchev–Trinajstić information content (AvgIpc) is 2.80. The molecule has 0 bridgehead atoms. The molecule has 1 aromatic heterocycles. The van der Waals surface area contributed by atoms with Crippen molar-refractivity contribution < 1.29 is 23.9 Å². The highest BCUT2D eigenvalue weighted by atomic mass is 32.1. The van der Waals surface area contributed by atoms with Gasteiger partial charge in [-0.2, -0.15) is 0 Å². The lowest BCUT2D eigenvalue weighted by atomic mass is 10.1. The predicted molar refractivity (Wildman–Crippen MR) is 98.2 cm³/mol. The zero-order chi connectivity index (χ0) is 19.1. The summed E-state index contributed by atoms with van der Waals surface area (Å²) in [6.45, 7) is 11.3. The van der Waals surface area contributed by atoms with Gasteiger partial charge in [-0.1, -0.05) is 19.4 Å². The van der Waals surface area contributed by atoms with Crippen molar-refractivity contribution in [2.75, 3.05) is 18.5 Å². The van der Waals surface area contributed by atoms with E-state index >= 15 is 0 Å². The lowest BCUT2D eigenvalue weighted by Gasteiger charge is -2.07. The molecule has 7 heteroatoms. The maximum atomic E-state index is 12.3.